The largest absolute Gasteiger partial charge is 0.480 e. The molecular formula is C16H25NO4. The smallest absolute Gasteiger partial charge is 0.408 e. The SMILES string of the molecule is C=CC[C@@H]1CCC[C@H]1OC(=O)N[C@H](C(=O)O)C1CCCC1. The molecule has 2 N–H and O–H groups in total. The van der Waals surface area contributed by atoms with Gasteiger partial charge in [0, 0.05) is 0 Å². The number of rotatable bonds is 6. The molecule has 0 heterocycles. The van der Waals surface area contributed by atoms with Gasteiger partial charge in [-0.3, -0.25) is 0 Å². The van der Waals surface area contributed by atoms with E-state index in [0.717, 1.165) is 51.4 Å². The first kappa shape index (κ1) is 15.9. The van der Waals surface area contributed by atoms with Crippen LogP contribution in [0.1, 0.15) is 51.4 Å². The fraction of sp³-hybridized carbons (Fsp3) is 0.750. The molecule has 2 fully saturated rings. The van der Waals surface area contributed by atoms with Gasteiger partial charge in [0.25, 0.3) is 0 Å². The molecule has 1 amide bonds. The van der Waals surface area contributed by atoms with Crippen molar-refractivity contribution >= 4 is 12.1 Å². The van der Waals surface area contributed by atoms with Gasteiger partial charge < -0.3 is 15.2 Å². The summed E-state index contributed by atoms with van der Waals surface area (Å²) in [6, 6.07) is -0.820. The van der Waals surface area contributed by atoms with Crippen molar-refractivity contribution in [3.05, 3.63) is 12.7 Å². The molecule has 0 unspecified atom stereocenters. The number of amides is 1. The number of hydrogen-bond acceptors (Lipinski definition) is 3. The minimum Gasteiger partial charge on any atom is -0.480 e. The molecule has 0 aromatic heterocycles. The van der Waals surface area contributed by atoms with Gasteiger partial charge in [-0.15, -0.1) is 6.58 Å². The number of carboxylic acid groups (broad SMARTS) is 1. The van der Waals surface area contributed by atoms with Crippen LogP contribution in [0.15, 0.2) is 12.7 Å². The summed E-state index contributed by atoms with van der Waals surface area (Å²) < 4.78 is 5.46. The molecule has 5 nitrogen and oxygen atoms in total. The molecular weight excluding hydrogens is 270 g/mol. The lowest BCUT2D eigenvalue weighted by Gasteiger charge is -2.23. The third-order valence-electron chi connectivity index (χ3n) is 4.73. The molecule has 118 valence electrons. The van der Waals surface area contributed by atoms with E-state index in [1.54, 1.807) is 0 Å². The highest BCUT2D eigenvalue weighted by atomic mass is 16.6. The van der Waals surface area contributed by atoms with E-state index in [1.165, 1.54) is 0 Å². The summed E-state index contributed by atoms with van der Waals surface area (Å²) in [5, 5.41) is 11.9. The third-order valence-corrected chi connectivity index (χ3v) is 4.73. The van der Waals surface area contributed by atoms with E-state index < -0.39 is 18.1 Å². The Kier molecular flexibility index (Phi) is 5.65. The van der Waals surface area contributed by atoms with Crippen molar-refractivity contribution in [3.8, 4) is 0 Å². The van der Waals surface area contributed by atoms with Crippen LogP contribution < -0.4 is 5.32 Å². The fourth-order valence-electron chi connectivity index (χ4n) is 3.61. The number of carboxylic acids is 1. The van der Waals surface area contributed by atoms with Gasteiger partial charge in [0.1, 0.15) is 12.1 Å². The second kappa shape index (κ2) is 7.48. The Bertz CT molecular complexity index is 390. The monoisotopic (exact) mass is 295 g/mol. The number of alkyl carbamates (subject to hydrolysis) is 1. The minimum atomic E-state index is -0.965. The van der Waals surface area contributed by atoms with Crippen LogP contribution in [0.3, 0.4) is 0 Å². The van der Waals surface area contributed by atoms with Crippen molar-refractivity contribution in [1.29, 1.82) is 0 Å². The van der Waals surface area contributed by atoms with Gasteiger partial charge in [-0.25, -0.2) is 9.59 Å². The Balaban J connectivity index is 1.87. The van der Waals surface area contributed by atoms with Crippen molar-refractivity contribution in [3.63, 3.8) is 0 Å². The zero-order chi connectivity index (χ0) is 15.2. The predicted octanol–water partition coefficient (Wildman–Crippen LogP) is 3.10. The number of carbonyl (C=O) groups is 2. The highest BCUT2D eigenvalue weighted by Crippen LogP contribution is 2.31. The average molecular weight is 295 g/mol. The lowest BCUT2D eigenvalue weighted by atomic mass is 9.98. The van der Waals surface area contributed by atoms with E-state index >= 15 is 0 Å². The van der Waals surface area contributed by atoms with Gasteiger partial charge in [-0.2, -0.15) is 0 Å². The number of carbonyl (C=O) groups excluding carboxylic acids is 1. The normalized spacial score (nSPS) is 27.2. The molecule has 2 saturated carbocycles. The molecule has 2 aliphatic carbocycles. The van der Waals surface area contributed by atoms with Crippen LogP contribution in [-0.4, -0.2) is 29.3 Å². The molecule has 0 aromatic carbocycles. The molecule has 0 aliphatic heterocycles. The minimum absolute atomic E-state index is 0.0302. The summed E-state index contributed by atoms with van der Waals surface area (Å²) in [4.78, 5) is 23.3. The van der Waals surface area contributed by atoms with Crippen molar-refractivity contribution in [2.45, 2.75) is 63.5 Å². The third kappa shape index (κ3) is 4.22. The van der Waals surface area contributed by atoms with Gasteiger partial charge in [-0.05, 0) is 50.4 Å². The Morgan fingerprint density at radius 1 is 1.24 bits per heavy atom. The van der Waals surface area contributed by atoms with Gasteiger partial charge in [0.2, 0.25) is 0 Å². The van der Waals surface area contributed by atoms with Crippen LogP contribution >= 0.6 is 0 Å². The van der Waals surface area contributed by atoms with Crippen LogP contribution in [0.2, 0.25) is 0 Å². The highest BCUT2D eigenvalue weighted by Gasteiger charge is 2.34. The number of nitrogens with one attached hydrogen (secondary N) is 1. The van der Waals surface area contributed by atoms with Crippen LogP contribution in [0.25, 0.3) is 0 Å². The number of ether oxygens (including phenoxy) is 1. The zero-order valence-corrected chi connectivity index (χ0v) is 12.4. The standard InChI is InChI=1S/C16H25NO4/c1-2-6-11-9-5-10-13(11)21-16(20)17-14(15(18)19)12-7-3-4-8-12/h2,11-14H,1,3-10H2,(H,17,20)(H,18,19)/t11-,13-,14+/m1/s1. The van der Waals surface area contributed by atoms with Gasteiger partial charge in [0.05, 0.1) is 0 Å². The summed E-state index contributed by atoms with van der Waals surface area (Å²) in [7, 11) is 0. The molecule has 2 rings (SSSR count). The molecule has 0 aromatic rings. The molecule has 3 atom stereocenters. The Morgan fingerprint density at radius 2 is 1.95 bits per heavy atom. The van der Waals surface area contributed by atoms with E-state index in [-0.39, 0.29) is 12.0 Å². The molecule has 0 bridgehead atoms. The first-order valence-electron chi connectivity index (χ1n) is 7.92. The van der Waals surface area contributed by atoms with Crippen molar-refractivity contribution in [2.24, 2.45) is 11.8 Å². The zero-order valence-electron chi connectivity index (χ0n) is 12.4. The maximum atomic E-state index is 12.0. The summed E-state index contributed by atoms with van der Waals surface area (Å²) in [5.74, 6) is -0.612. The second-order valence-corrected chi connectivity index (χ2v) is 6.16. The molecule has 0 saturated heterocycles. The summed E-state index contributed by atoms with van der Waals surface area (Å²) in [6.07, 6.45) is 8.72. The molecule has 0 radical (unpaired) electrons. The number of aliphatic carboxylic acids is 1. The van der Waals surface area contributed by atoms with E-state index in [1.807, 2.05) is 6.08 Å². The Morgan fingerprint density at radius 3 is 2.57 bits per heavy atom. The highest BCUT2D eigenvalue weighted by molar-refractivity contribution is 5.80. The van der Waals surface area contributed by atoms with E-state index in [0.29, 0.717) is 5.92 Å². The fourth-order valence-corrected chi connectivity index (χ4v) is 3.61. The summed E-state index contributed by atoms with van der Waals surface area (Å²) >= 11 is 0. The van der Waals surface area contributed by atoms with Crippen molar-refractivity contribution < 1.29 is 19.4 Å². The quantitative estimate of drug-likeness (QED) is 0.738. The van der Waals surface area contributed by atoms with Crippen LogP contribution in [0, 0.1) is 11.8 Å². The van der Waals surface area contributed by atoms with E-state index in [2.05, 4.69) is 11.9 Å². The molecule has 21 heavy (non-hydrogen) atoms. The van der Waals surface area contributed by atoms with Crippen molar-refractivity contribution in [1.82, 2.24) is 5.32 Å². The van der Waals surface area contributed by atoms with E-state index in [9.17, 15) is 14.7 Å². The lowest BCUT2D eigenvalue weighted by molar-refractivity contribution is -0.140. The van der Waals surface area contributed by atoms with Gasteiger partial charge in [-0.1, -0.05) is 18.9 Å². The topological polar surface area (TPSA) is 75.6 Å². The predicted molar refractivity (Wildman–Crippen MR) is 78.9 cm³/mol. The first-order chi connectivity index (χ1) is 10.1. The lowest BCUT2D eigenvalue weighted by Crippen LogP contribution is -2.46. The molecule has 5 heteroatoms. The van der Waals surface area contributed by atoms with E-state index in [4.69, 9.17) is 4.74 Å². The Hall–Kier alpha value is -1.52. The van der Waals surface area contributed by atoms with Crippen LogP contribution in [-0.2, 0) is 9.53 Å². The average Bonchev–Trinajstić information content (AvgIpc) is 3.08. The number of allylic oxidation sites excluding steroid dienone is 1. The Labute approximate surface area is 125 Å². The maximum absolute atomic E-state index is 12.0. The van der Waals surface area contributed by atoms with Gasteiger partial charge >= 0.3 is 12.1 Å². The van der Waals surface area contributed by atoms with Gasteiger partial charge in [0.15, 0.2) is 0 Å². The van der Waals surface area contributed by atoms with Crippen LogP contribution in [0.5, 0.6) is 0 Å². The maximum Gasteiger partial charge on any atom is 0.408 e. The molecule has 0 spiro atoms. The van der Waals surface area contributed by atoms with Crippen LogP contribution in [0.4, 0.5) is 4.79 Å². The second-order valence-electron chi connectivity index (χ2n) is 6.16. The summed E-state index contributed by atoms with van der Waals surface area (Å²) in [6.45, 7) is 3.73. The number of hydrogen-bond donors (Lipinski definition) is 2. The summed E-state index contributed by atoms with van der Waals surface area (Å²) in [5.41, 5.74) is 0. The molecule has 2 aliphatic rings. The van der Waals surface area contributed by atoms with Crippen molar-refractivity contribution in [2.75, 3.05) is 0 Å². The first-order valence-corrected chi connectivity index (χ1v) is 7.92.